The van der Waals surface area contributed by atoms with Crippen LogP contribution in [0.15, 0.2) is 158 Å². The molecule has 0 amide bonds. The maximum absolute atomic E-state index is 10.5. The molecule has 0 aliphatic rings. The van der Waals surface area contributed by atoms with Crippen LogP contribution >= 0.6 is 0 Å². The Morgan fingerprint density at radius 1 is 0.375 bits per heavy atom. The summed E-state index contributed by atoms with van der Waals surface area (Å²) in [5.41, 5.74) is 10.7. The van der Waals surface area contributed by atoms with Crippen LogP contribution in [-0.4, -0.2) is 9.13 Å². The molecule has 0 N–H and O–H groups in total. The second-order valence-corrected chi connectivity index (χ2v) is 11.9. The minimum absolute atomic E-state index is 0.512. The quantitative estimate of drug-likeness (QED) is 0.199. The van der Waals surface area contributed by atoms with Gasteiger partial charge in [-0.25, -0.2) is 0 Å². The summed E-state index contributed by atoms with van der Waals surface area (Å²) in [6.45, 7) is 0. The lowest BCUT2D eigenvalue weighted by molar-refractivity contribution is 1.18. The van der Waals surface area contributed by atoms with Gasteiger partial charge in [0.2, 0.25) is 0 Å². The van der Waals surface area contributed by atoms with E-state index >= 15 is 0 Å². The topological polar surface area (TPSA) is 57.4 Å². The van der Waals surface area contributed by atoms with Crippen molar-refractivity contribution in [3.05, 3.63) is 169 Å². The fraction of sp³-hybridized carbons (Fsp3) is 0. The van der Waals surface area contributed by atoms with Gasteiger partial charge >= 0.3 is 0 Å². The molecule has 48 heavy (non-hydrogen) atoms. The first-order valence-electron chi connectivity index (χ1n) is 15.9. The van der Waals surface area contributed by atoms with E-state index in [0.29, 0.717) is 11.1 Å². The number of aromatic nitrogens is 2. The van der Waals surface area contributed by atoms with E-state index in [9.17, 15) is 10.5 Å². The molecule has 0 spiro atoms. The first-order chi connectivity index (χ1) is 23.8. The van der Waals surface area contributed by atoms with Gasteiger partial charge in [0.15, 0.2) is 0 Å². The number of rotatable bonds is 4. The Bertz CT molecular complexity index is 2710. The summed E-state index contributed by atoms with van der Waals surface area (Å²) in [7, 11) is 0. The lowest BCUT2D eigenvalue weighted by Gasteiger charge is -2.19. The third kappa shape index (κ3) is 4.01. The van der Waals surface area contributed by atoms with E-state index in [1.165, 1.54) is 10.8 Å². The van der Waals surface area contributed by atoms with E-state index in [1.807, 2.05) is 30.3 Å². The minimum atomic E-state index is 0.512. The van der Waals surface area contributed by atoms with Crippen molar-refractivity contribution >= 4 is 43.6 Å². The summed E-state index contributed by atoms with van der Waals surface area (Å²) in [5.74, 6) is 0. The number of para-hydroxylation sites is 5. The van der Waals surface area contributed by atoms with Crippen LogP contribution in [0.4, 0.5) is 0 Å². The minimum Gasteiger partial charge on any atom is -0.309 e. The summed E-state index contributed by atoms with van der Waals surface area (Å²) in [6.07, 6.45) is 0. The highest BCUT2D eigenvalue weighted by molar-refractivity contribution is 6.11. The van der Waals surface area contributed by atoms with E-state index in [1.54, 1.807) is 0 Å². The van der Waals surface area contributed by atoms with Crippen LogP contribution < -0.4 is 0 Å². The number of nitrogens with zero attached hydrogens (tertiary/aromatic N) is 4. The van der Waals surface area contributed by atoms with Gasteiger partial charge < -0.3 is 9.13 Å². The zero-order chi connectivity index (χ0) is 32.2. The third-order valence-electron chi connectivity index (χ3n) is 9.43. The summed E-state index contributed by atoms with van der Waals surface area (Å²) in [4.78, 5) is 0. The lowest BCUT2D eigenvalue weighted by atomic mass is 9.87. The molecule has 2 heterocycles. The molecule has 0 aliphatic heterocycles. The van der Waals surface area contributed by atoms with Crippen molar-refractivity contribution in [1.82, 2.24) is 9.13 Å². The molecule has 0 radical (unpaired) electrons. The maximum Gasteiger partial charge on any atom is 0.0998 e. The van der Waals surface area contributed by atoms with Crippen molar-refractivity contribution in [2.45, 2.75) is 0 Å². The van der Waals surface area contributed by atoms with Gasteiger partial charge in [0, 0.05) is 43.9 Å². The summed E-state index contributed by atoms with van der Waals surface area (Å²) in [6, 6.07) is 58.7. The Kier molecular flexibility index (Phi) is 6.22. The van der Waals surface area contributed by atoms with E-state index in [2.05, 4.69) is 149 Å². The third-order valence-corrected chi connectivity index (χ3v) is 9.43. The van der Waals surface area contributed by atoms with Crippen molar-refractivity contribution in [2.75, 3.05) is 0 Å². The second-order valence-electron chi connectivity index (χ2n) is 11.9. The molecule has 4 nitrogen and oxygen atoms in total. The molecule has 9 rings (SSSR count). The van der Waals surface area contributed by atoms with Gasteiger partial charge in [-0.15, -0.1) is 0 Å². The van der Waals surface area contributed by atoms with Crippen molar-refractivity contribution in [3.8, 4) is 45.8 Å². The van der Waals surface area contributed by atoms with Crippen molar-refractivity contribution in [3.63, 3.8) is 0 Å². The first-order valence-corrected chi connectivity index (χ1v) is 15.9. The zero-order valence-corrected chi connectivity index (χ0v) is 25.8. The van der Waals surface area contributed by atoms with Gasteiger partial charge in [-0.3, -0.25) is 0 Å². The van der Waals surface area contributed by atoms with Crippen LogP contribution in [0.3, 0.4) is 0 Å². The van der Waals surface area contributed by atoms with Crippen LogP contribution in [-0.2, 0) is 0 Å². The fourth-order valence-corrected chi connectivity index (χ4v) is 7.41. The number of hydrogen-bond donors (Lipinski definition) is 0. The molecule has 0 bridgehead atoms. The fourth-order valence-electron chi connectivity index (χ4n) is 7.41. The molecular formula is C44H26N4. The Balaban J connectivity index is 1.34. The predicted molar refractivity (Wildman–Crippen MR) is 195 cm³/mol. The van der Waals surface area contributed by atoms with E-state index < -0.39 is 0 Å². The summed E-state index contributed by atoms with van der Waals surface area (Å²) in [5, 5.41) is 25.7. The predicted octanol–water partition coefficient (Wildman–Crippen LogP) is 11.0. The SMILES string of the molecule is N#Cc1ccc(-n2c3ccccc3c3ccccc32)cc1-c1c(C#N)cccc1-c1ccccc1-n1c2ccccc2c2ccccc21. The standard InChI is InChI=1S/C44H26N4/c45-27-29-24-25-31(47-39-19-6-1-13-32(39)33-14-2-7-20-40(33)47)26-38(29)44-30(28-46)12-11-18-37(44)36-17-5-10-23-43(36)48-41-21-8-3-15-34(41)35-16-4-9-22-42(35)48/h1-26H. The van der Waals surface area contributed by atoms with Crippen molar-refractivity contribution < 1.29 is 0 Å². The van der Waals surface area contributed by atoms with Gasteiger partial charge in [-0.2, -0.15) is 10.5 Å². The molecule has 0 atom stereocenters. The highest BCUT2D eigenvalue weighted by Gasteiger charge is 2.22. The number of nitriles is 2. The zero-order valence-electron chi connectivity index (χ0n) is 25.8. The smallest absolute Gasteiger partial charge is 0.0998 e. The van der Waals surface area contributed by atoms with Gasteiger partial charge in [-0.1, -0.05) is 103 Å². The highest BCUT2D eigenvalue weighted by atomic mass is 15.0. The average molecular weight is 611 g/mol. The average Bonchev–Trinajstić information content (AvgIpc) is 3.67. The molecule has 0 saturated heterocycles. The van der Waals surface area contributed by atoms with Gasteiger partial charge in [0.1, 0.15) is 0 Å². The van der Waals surface area contributed by atoms with E-state index in [4.69, 9.17) is 0 Å². The molecule has 0 aliphatic carbocycles. The number of benzene rings is 7. The summed E-state index contributed by atoms with van der Waals surface area (Å²) >= 11 is 0. The molecular weight excluding hydrogens is 585 g/mol. The molecule has 0 saturated carbocycles. The number of fused-ring (bicyclic) bond motifs is 6. The van der Waals surface area contributed by atoms with Gasteiger partial charge in [0.05, 0.1) is 51.0 Å². The van der Waals surface area contributed by atoms with Gasteiger partial charge in [-0.05, 0) is 60.2 Å². The molecule has 4 heteroatoms. The van der Waals surface area contributed by atoms with Crippen LogP contribution in [0, 0.1) is 22.7 Å². The largest absolute Gasteiger partial charge is 0.309 e. The molecule has 0 fully saturated rings. The molecule has 0 unspecified atom stereocenters. The van der Waals surface area contributed by atoms with Gasteiger partial charge in [0.25, 0.3) is 0 Å². The van der Waals surface area contributed by atoms with Crippen LogP contribution in [0.5, 0.6) is 0 Å². The summed E-state index contributed by atoms with van der Waals surface area (Å²) < 4.78 is 4.55. The normalized spacial score (nSPS) is 11.3. The monoisotopic (exact) mass is 610 g/mol. The van der Waals surface area contributed by atoms with Crippen LogP contribution in [0.2, 0.25) is 0 Å². The molecule has 7 aromatic carbocycles. The lowest BCUT2D eigenvalue weighted by Crippen LogP contribution is -2.01. The van der Waals surface area contributed by atoms with Crippen LogP contribution in [0.25, 0.3) is 77.2 Å². The maximum atomic E-state index is 10.5. The Hall–Kier alpha value is -6.88. The first kappa shape index (κ1) is 27.4. The molecule has 222 valence electrons. The molecule has 9 aromatic rings. The Morgan fingerprint density at radius 3 is 1.42 bits per heavy atom. The number of hydrogen-bond acceptors (Lipinski definition) is 2. The van der Waals surface area contributed by atoms with Crippen molar-refractivity contribution in [1.29, 1.82) is 10.5 Å². The second kappa shape index (κ2) is 10.9. The molecule has 2 aromatic heterocycles. The van der Waals surface area contributed by atoms with Crippen molar-refractivity contribution in [2.24, 2.45) is 0 Å². The van der Waals surface area contributed by atoms with E-state index in [0.717, 1.165) is 66.5 Å². The van der Waals surface area contributed by atoms with Crippen LogP contribution in [0.1, 0.15) is 11.1 Å². The Morgan fingerprint density at radius 2 is 0.854 bits per heavy atom. The van der Waals surface area contributed by atoms with E-state index in [-0.39, 0.29) is 0 Å². The Labute approximate surface area is 277 Å². The highest BCUT2D eigenvalue weighted by Crippen LogP contribution is 2.42.